The molecule has 1 aromatic heterocycles. The molecule has 1 aromatic rings. The van der Waals surface area contributed by atoms with Crippen LogP contribution in [0.25, 0.3) is 0 Å². The fraction of sp³-hybridized carbons (Fsp3) is 0.625. The zero-order chi connectivity index (χ0) is 11.3. The Morgan fingerprint density at radius 2 is 2.20 bits per heavy atom. The summed E-state index contributed by atoms with van der Waals surface area (Å²) in [7, 11) is 1.46. The quantitative estimate of drug-likeness (QED) is 0.770. The minimum atomic E-state index is -0.209. The molecule has 0 aliphatic carbocycles. The van der Waals surface area contributed by atoms with Gasteiger partial charge in [0.1, 0.15) is 0 Å². The van der Waals surface area contributed by atoms with Crippen LogP contribution < -0.4 is 10.1 Å². The molecule has 0 fully saturated rings. The lowest BCUT2D eigenvalue weighted by atomic mass is 10.5. The zero-order valence-corrected chi connectivity index (χ0v) is 9.07. The van der Waals surface area contributed by atoms with Gasteiger partial charge in [-0.15, -0.1) is 5.10 Å². The van der Waals surface area contributed by atoms with Gasteiger partial charge in [0.25, 0.3) is 0 Å². The predicted octanol–water partition coefficient (Wildman–Crippen LogP) is 0.687. The highest BCUT2D eigenvalue weighted by molar-refractivity contribution is 5.87. The van der Waals surface area contributed by atoms with Crippen molar-refractivity contribution in [3.05, 3.63) is 0 Å². The molecule has 84 valence electrons. The van der Waals surface area contributed by atoms with E-state index < -0.39 is 0 Å². The van der Waals surface area contributed by atoms with Crippen LogP contribution in [0, 0.1) is 0 Å². The van der Waals surface area contributed by atoms with Gasteiger partial charge in [0.05, 0.1) is 7.11 Å². The largest absolute Gasteiger partial charge is 0.466 e. The number of urea groups is 1. The van der Waals surface area contributed by atoms with Crippen LogP contribution in [0.4, 0.5) is 10.7 Å². The Morgan fingerprint density at radius 3 is 2.67 bits per heavy atom. The number of methoxy groups -OCH3 is 1. The Hall–Kier alpha value is -1.79. The smallest absolute Gasteiger partial charge is 0.336 e. The number of anilines is 1. The van der Waals surface area contributed by atoms with E-state index in [0.29, 0.717) is 13.1 Å². The topological polar surface area (TPSA) is 83.1 Å². The maximum Gasteiger partial charge on any atom is 0.336 e. The second-order valence-electron chi connectivity index (χ2n) is 2.77. The summed E-state index contributed by atoms with van der Waals surface area (Å²) in [5.41, 5.74) is 0. The first kappa shape index (κ1) is 11.3. The van der Waals surface area contributed by atoms with Crippen molar-refractivity contribution < 1.29 is 9.53 Å². The highest BCUT2D eigenvalue weighted by atomic mass is 16.5. The summed E-state index contributed by atoms with van der Waals surface area (Å²) in [6, 6.07) is -0.0105. The standard InChI is InChI=1S/C8H15N5O2/c1-4-13(5-2)8(14)10-6-9-7(15-3)12-11-6/h4-5H2,1-3H3,(H2,9,10,11,12,14). The summed E-state index contributed by atoms with van der Waals surface area (Å²) in [5.74, 6) is 0.281. The van der Waals surface area contributed by atoms with Gasteiger partial charge in [-0.3, -0.25) is 5.32 Å². The van der Waals surface area contributed by atoms with E-state index in [-0.39, 0.29) is 18.0 Å². The van der Waals surface area contributed by atoms with Gasteiger partial charge < -0.3 is 9.64 Å². The third-order valence-electron chi connectivity index (χ3n) is 1.92. The molecule has 7 heteroatoms. The van der Waals surface area contributed by atoms with E-state index >= 15 is 0 Å². The molecule has 0 radical (unpaired) electrons. The average molecular weight is 213 g/mol. The van der Waals surface area contributed by atoms with Gasteiger partial charge in [-0.25, -0.2) is 9.89 Å². The van der Waals surface area contributed by atoms with Crippen molar-refractivity contribution in [2.45, 2.75) is 13.8 Å². The van der Waals surface area contributed by atoms with Crippen molar-refractivity contribution in [1.82, 2.24) is 20.1 Å². The molecule has 0 spiro atoms. The SMILES string of the molecule is CCN(CC)C(=O)Nc1nc(OC)n[nH]1. The van der Waals surface area contributed by atoms with Gasteiger partial charge in [0.2, 0.25) is 5.95 Å². The Bertz CT molecular complexity index is 321. The summed E-state index contributed by atoms with van der Waals surface area (Å²) in [6.07, 6.45) is 0. The molecule has 0 bridgehead atoms. The van der Waals surface area contributed by atoms with Crippen molar-refractivity contribution in [1.29, 1.82) is 0 Å². The summed E-state index contributed by atoms with van der Waals surface area (Å²) >= 11 is 0. The van der Waals surface area contributed by atoms with Crippen molar-refractivity contribution >= 4 is 12.0 Å². The molecule has 0 saturated heterocycles. The number of H-pyrrole nitrogens is 1. The molecule has 1 rings (SSSR count). The molecular weight excluding hydrogens is 198 g/mol. The number of nitrogens with one attached hydrogen (secondary N) is 2. The van der Waals surface area contributed by atoms with Gasteiger partial charge in [0.15, 0.2) is 0 Å². The van der Waals surface area contributed by atoms with Gasteiger partial charge >= 0.3 is 12.0 Å². The van der Waals surface area contributed by atoms with E-state index in [1.54, 1.807) is 4.90 Å². The van der Waals surface area contributed by atoms with E-state index in [2.05, 4.69) is 20.5 Å². The molecular formula is C8H15N5O2. The Labute approximate surface area is 87.8 Å². The van der Waals surface area contributed by atoms with Gasteiger partial charge in [0, 0.05) is 13.1 Å². The Balaban J connectivity index is 2.57. The number of aromatic amines is 1. The third-order valence-corrected chi connectivity index (χ3v) is 1.92. The number of carbonyl (C=O) groups is 1. The highest BCUT2D eigenvalue weighted by Gasteiger charge is 2.11. The van der Waals surface area contributed by atoms with Crippen LogP contribution in [0.5, 0.6) is 6.01 Å². The number of hydrogen-bond acceptors (Lipinski definition) is 4. The summed E-state index contributed by atoms with van der Waals surface area (Å²) in [6.45, 7) is 5.11. The number of hydrogen-bond donors (Lipinski definition) is 2. The number of ether oxygens (including phenoxy) is 1. The lowest BCUT2D eigenvalue weighted by Gasteiger charge is -2.17. The van der Waals surface area contributed by atoms with Gasteiger partial charge in [-0.2, -0.15) is 4.98 Å². The number of carbonyl (C=O) groups excluding carboxylic acids is 1. The normalized spacial score (nSPS) is 9.80. The highest BCUT2D eigenvalue weighted by Crippen LogP contribution is 2.05. The number of rotatable bonds is 4. The van der Waals surface area contributed by atoms with E-state index in [1.165, 1.54) is 7.11 Å². The minimum absolute atomic E-state index is 0.199. The first-order valence-corrected chi connectivity index (χ1v) is 4.73. The van der Waals surface area contributed by atoms with Crippen molar-refractivity contribution in [2.24, 2.45) is 0 Å². The fourth-order valence-corrected chi connectivity index (χ4v) is 1.08. The minimum Gasteiger partial charge on any atom is -0.466 e. The van der Waals surface area contributed by atoms with Crippen LogP contribution in [0.15, 0.2) is 0 Å². The summed E-state index contributed by atoms with van der Waals surface area (Å²) in [5, 5.41) is 8.83. The second kappa shape index (κ2) is 5.18. The van der Waals surface area contributed by atoms with Crippen LogP contribution in [-0.4, -0.2) is 46.3 Å². The van der Waals surface area contributed by atoms with E-state index in [4.69, 9.17) is 4.74 Å². The van der Waals surface area contributed by atoms with Crippen LogP contribution in [-0.2, 0) is 0 Å². The predicted molar refractivity (Wildman–Crippen MR) is 54.9 cm³/mol. The lowest BCUT2D eigenvalue weighted by molar-refractivity contribution is 0.217. The molecule has 2 N–H and O–H groups in total. The first-order chi connectivity index (χ1) is 7.21. The lowest BCUT2D eigenvalue weighted by Crippen LogP contribution is -2.34. The van der Waals surface area contributed by atoms with Gasteiger partial charge in [-0.1, -0.05) is 0 Å². The van der Waals surface area contributed by atoms with Crippen LogP contribution in [0.3, 0.4) is 0 Å². The molecule has 2 amide bonds. The van der Waals surface area contributed by atoms with Crippen molar-refractivity contribution in [2.75, 3.05) is 25.5 Å². The maximum absolute atomic E-state index is 11.6. The van der Waals surface area contributed by atoms with Crippen molar-refractivity contribution in [3.8, 4) is 6.01 Å². The van der Waals surface area contributed by atoms with Gasteiger partial charge in [-0.05, 0) is 13.8 Å². The molecule has 1 heterocycles. The number of amides is 2. The molecule has 0 aliphatic heterocycles. The monoisotopic (exact) mass is 213 g/mol. The van der Waals surface area contributed by atoms with Crippen LogP contribution in [0.1, 0.15) is 13.8 Å². The molecule has 0 aliphatic rings. The van der Waals surface area contributed by atoms with Crippen molar-refractivity contribution in [3.63, 3.8) is 0 Å². The van der Waals surface area contributed by atoms with Crippen LogP contribution >= 0.6 is 0 Å². The number of nitrogens with zero attached hydrogens (tertiary/aromatic N) is 3. The first-order valence-electron chi connectivity index (χ1n) is 4.73. The molecule has 0 unspecified atom stereocenters. The molecule has 0 aromatic carbocycles. The zero-order valence-electron chi connectivity index (χ0n) is 9.07. The van der Waals surface area contributed by atoms with E-state index in [9.17, 15) is 4.79 Å². The Morgan fingerprint density at radius 1 is 1.53 bits per heavy atom. The molecule has 15 heavy (non-hydrogen) atoms. The second-order valence-corrected chi connectivity index (χ2v) is 2.77. The number of aromatic nitrogens is 3. The average Bonchev–Trinajstić information content (AvgIpc) is 2.67. The maximum atomic E-state index is 11.6. The molecule has 0 saturated carbocycles. The Kier molecular flexibility index (Phi) is 3.90. The fourth-order valence-electron chi connectivity index (χ4n) is 1.08. The van der Waals surface area contributed by atoms with E-state index in [0.717, 1.165) is 0 Å². The molecule has 7 nitrogen and oxygen atoms in total. The summed E-state index contributed by atoms with van der Waals surface area (Å²) < 4.78 is 4.77. The van der Waals surface area contributed by atoms with E-state index in [1.807, 2.05) is 13.8 Å². The third kappa shape index (κ3) is 2.83. The van der Waals surface area contributed by atoms with Crippen LogP contribution in [0.2, 0.25) is 0 Å². The summed E-state index contributed by atoms with van der Waals surface area (Å²) in [4.78, 5) is 17.1. The molecule has 0 atom stereocenters.